The van der Waals surface area contributed by atoms with E-state index in [1.54, 1.807) is 6.92 Å². The largest absolute Gasteiger partial charge is 0.480 e. The van der Waals surface area contributed by atoms with Gasteiger partial charge in [-0.2, -0.15) is 0 Å². The quantitative estimate of drug-likeness (QED) is 0.724. The maximum atomic E-state index is 11.5. The van der Waals surface area contributed by atoms with Gasteiger partial charge < -0.3 is 10.2 Å². The molecule has 16 heavy (non-hydrogen) atoms. The Bertz CT molecular complexity index is 296. The maximum Gasteiger partial charge on any atom is 0.321 e. The van der Waals surface area contributed by atoms with Gasteiger partial charge in [0, 0.05) is 0 Å². The van der Waals surface area contributed by atoms with Crippen LogP contribution < -0.4 is 0 Å². The van der Waals surface area contributed by atoms with Crippen molar-refractivity contribution in [1.82, 2.24) is 0 Å². The fraction of sp³-hybridized carbons (Fsp3) is 0.833. The van der Waals surface area contributed by atoms with Crippen LogP contribution in [0.1, 0.15) is 46.5 Å². The second-order valence-electron chi connectivity index (χ2n) is 5.08. The second-order valence-corrected chi connectivity index (χ2v) is 5.08. The first-order chi connectivity index (χ1) is 7.33. The summed E-state index contributed by atoms with van der Waals surface area (Å²) < 4.78 is 0. The van der Waals surface area contributed by atoms with Gasteiger partial charge in [-0.3, -0.25) is 9.59 Å². The van der Waals surface area contributed by atoms with Crippen molar-refractivity contribution in [2.45, 2.75) is 46.5 Å². The first-order valence-electron chi connectivity index (χ1n) is 5.79. The minimum Gasteiger partial charge on any atom is -0.480 e. The molecule has 2 unspecified atom stereocenters. The Kier molecular flexibility index (Phi) is 3.31. The summed E-state index contributed by atoms with van der Waals surface area (Å²) in [5, 5.41) is 18.7. The third-order valence-electron chi connectivity index (χ3n) is 4.66. The SMILES string of the molecule is CCC(C(=O)O)(C(=O)O)C1(C)CCCC1C. The molecule has 2 atom stereocenters. The molecule has 0 heterocycles. The first-order valence-corrected chi connectivity index (χ1v) is 5.79. The second kappa shape index (κ2) is 4.07. The monoisotopic (exact) mass is 228 g/mol. The van der Waals surface area contributed by atoms with Crippen LogP contribution >= 0.6 is 0 Å². The van der Waals surface area contributed by atoms with Crippen molar-refractivity contribution in [3.05, 3.63) is 0 Å². The highest BCUT2D eigenvalue weighted by molar-refractivity contribution is 5.99. The highest BCUT2D eigenvalue weighted by atomic mass is 16.4. The third-order valence-corrected chi connectivity index (χ3v) is 4.66. The summed E-state index contributed by atoms with van der Waals surface area (Å²) in [6.07, 6.45) is 2.65. The lowest BCUT2D eigenvalue weighted by atomic mass is 9.58. The molecular weight excluding hydrogens is 208 g/mol. The Morgan fingerprint density at radius 3 is 2.12 bits per heavy atom. The molecule has 1 aliphatic rings. The lowest BCUT2D eigenvalue weighted by Gasteiger charge is -2.42. The average Bonchev–Trinajstić information content (AvgIpc) is 2.48. The minimum absolute atomic E-state index is 0.137. The van der Waals surface area contributed by atoms with Gasteiger partial charge in [-0.05, 0) is 24.2 Å². The summed E-state index contributed by atoms with van der Waals surface area (Å²) in [6.45, 7) is 5.43. The number of hydrogen-bond acceptors (Lipinski definition) is 2. The molecule has 4 heteroatoms. The van der Waals surface area contributed by atoms with Gasteiger partial charge in [0.2, 0.25) is 0 Å². The zero-order valence-electron chi connectivity index (χ0n) is 10.1. The Labute approximate surface area is 95.7 Å². The Balaban J connectivity index is 3.30. The number of carboxylic acid groups (broad SMARTS) is 2. The summed E-state index contributed by atoms with van der Waals surface area (Å²) in [6, 6.07) is 0. The van der Waals surface area contributed by atoms with Gasteiger partial charge in [-0.15, -0.1) is 0 Å². The smallest absolute Gasteiger partial charge is 0.321 e. The molecule has 0 aromatic heterocycles. The molecule has 0 spiro atoms. The maximum absolute atomic E-state index is 11.5. The summed E-state index contributed by atoms with van der Waals surface area (Å²) >= 11 is 0. The van der Waals surface area contributed by atoms with Crippen LogP contribution in [-0.4, -0.2) is 22.2 Å². The molecule has 1 rings (SSSR count). The van der Waals surface area contributed by atoms with Crippen LogP contribution in [0.4, 0.5) is 0 Å². The van der Waals surface area contributed by atoms with Crippen LogP contribution in [0.15, 0.2) is 0 Å². The van der Waals surface area contributed by atoms with Crippen molar-refractivity contribution < 1.29 is 19.8 Å². The number of carboxylic acids is 2. The van der Waals surface area contributed by atoms with Crippen molar-refractivity contribution >= 4 is 11.9 Å². The fourth-order valence-corrected chi connectivity index (χ4v) is 3.26. The molecule has 0 amide bonds. The predicted molar refractivity (Wildman–Crippen MR) is 59.1 cm³/mol. The molecule has 92 valence electrons. The van der Waals surface area contributed by atoms with Crippen molar-refractivity contribution in [2.75, 3.05) is 0 Å². The van der Waals surface area contributed by atoms with Gasteiger partial charge in [0.15, 0.2) is 5.41 Å². The van der Waals surface area contributed by atoms with Gasteiger partial charge >= 0.3 is 11.9 Å². The molecule has 0 radical (unpaired) electrons. The number of hydrogen-bond donors (Lipinski definition) is 2. The summed E-state index contributed by atoms with van der Waals surface area (Å²) in [4.78, 5) is 22.9. The van der Waals surface area contributed by atoms with Crippen LogP contribution in [0, 0.1) is 16.7 Å². The molecule has 0 saturated heterocycles. The fourth-order valence-electron chi connectivity index (χ4n) is 3.26. The van der Waals surface area contributed by atoms with Crippen LogP contribution in [0.2, 0.25) is 0 Å². The van der Waals surface area contributed by atoms with Crippen LogP contribution in [0.3, 0.4) is 0 Å². The zero-order valence-corrected chi connectivity index (χ0v) is 10.1. The van der Waals surface area contributed by atoms with Crippen molar-refractivity contribution in [3.63, 3.8) is 0 Å². The molecule has 4 nitrogen and oxygen atoms in total. The van der Waals surface area contributed by atoms with E-state index in [4.69, 9.17) is 0 Å². The number of aliphatic carboxylic acids is 2. The number of rotatable bonds is 4. The third kappa shape index (κ3) is 1.43. The van der Waals surface area contributed by atoms with Crippen molar-refractivity contribution in [2.24, 2.45) is 16.7 Å². The molecular formula is C12H20O4. The van der Waals surface area contributed by atoms with E-state index in [0.717, 1.165) is 12.8 Å². The Morgan fingerprint density at radius 1 is 1.38 bits per heavy atom. The summed E-state index contributed by atoms with van der Waals surface area (Å²) in [5.41, 5.74) is -2.28. The lowest BCUT2D eigenvalue weighted by molar-refractivity contribution is -0.178. The highest BCUT2D eigenvalue weighted by Crippen LogP contribution is 2.56. The van der Waals surface area contributed by atoms with Crippen LogP contribution in [0.25, 0.3) is 0 Å². The molecule has 1 fully saturated rings. The van der Waals surface area contributed by atoms with E-state index in [1.165, 1.54) is 0 Å². The summed E-state index contributed by atoms with van der Waals surface area (Å²) in [7, 11) is 0. The van der Waals surface area contributed by atoms with E-state index in [1.807, 2.05) is 13.8 Å². The van der Waals surface area contributed by atoms with E-state index < -0.39 is 22.8 Å². The first kappa shape index (κ1) is 13.0. The standard InChI is InChI=1S/C12H20O4/c1-4-12(9(13)14,10(15)16)11(3)7-5-6-8(11)2/h8H,4-7H2,1-3H3,(H,13,14)(H,15,16). The van der Waals surface area contributed by atoms with Gasteiger partial charge in [0.25, 0.3) is 0 Å². The molecule has 1 aliphatic carbocycles. The lowest BCUT2D eigenvalue weighted by Crippen LogP contribution is -2.52. The summed E-state index contributed by atoms with van der Waals surface area (Å²) in [5.74, 6) is -2.25. The van der Waals surface area contributed by atoms with Gasteiger partial charge in [0.1, 0.15) is 0 Å². The molecule has 0 aromatic carbocycles. The molecule has 0 aliphatic heterocycles. The minimum atomic E-state index is -1.64. The zero-order chi connectivity index (χ0) is 12.6. The van der Waals surface area contributed by atoms with Gasteiger partial charge in [-0.1, -0.05) is 33.6 Å². The van der Waals surface area contributed by atoms with Crippen molar-refractivity contribution in [1.29, 1.82) is 0 Å². The Morgan fingerprint density at radius 2 is 1.88 bits per heavy atom. The van der Waals surface area contributed by atoms with Crippen molar-refractivity contribution in [3.8, 4) is 0 Å². The Hall–Kier alpha value is -1.06. The van der Waals surface area contributed by atoms with Crippen LogP contribution in [0.5, 0.6) is 0 Å². The van der Waals surface area contributed by atoms with Gasteiger partial charge in [-0.25, -0.2) is 0 Å². The average molecular weight is 228 g/mol. The molecule has 1 saturated carbocycles. The van der Waals surface area contributed by atoms with E-state index in [0.29, 0.717) is 6.42 Å². The van der Waals surface area contributed by atoms with E-state index >= 15 is 0 Å². The number of carbonyl (C=O) groups is 2. The molecule has 2 N–H and O–H groups in total. The van der Waals surface area contributed by atoms with E-state index in [-0.39, 0.29) is 12.3 Å². The van der Waals surface area contributed by atoms with E-state index in [2.05, 4.69) is 0 Å². The predicted octanol–water partition coefficient (Wildman–Crippen LogP) is 2.38. The van der Waals surface area contributed by atoms with Crippen LogP contribution in [-0.2, 0) is 9.59 Å². The topological polar surface area (TPSA) is 74.6 Å². The van der Waals surface area contributed by atoms with Gasteiger partial charge in [0.05, 0.1) is 0 Å². The van der Waals surface area contributed by atoms with E-state index in [9.17, 15) is 19.8 Å². The molecule has 0 aromatic rings. The highest BCUT2D eigenvalue weighted by Gasteiger charge is 2.61. The normalized spacial score (nSPS) is 30.3. The molecule has 0 bridgehead atoms.